The van der Waals surface area contributed by atoms with Crippen LogP contribution in [0.5, 0.6) is 0 Å². The zero-order valence-corrected chi connectivity index (χ0v) is 16.0. The van der Waals surface area contributed by atoms with Crippen LogP contribution in [0.15, 0.2) is 60.7 Å². The minimum Gasteiger partial charge on any atom is -0.320 e. The van der Waals surface area contributed by atoms with Crippen LogP contribution in [0, 0.1) is 10.1 Å². The zero-order chi connectivity index (χ0) is 18.7. The van der Waals surface area contributed by atoms with Gasteiger partial charge in [0.2, 0.25) is 0 Å². The number of nitrogens with zero attached hydrogens (tertiary/aromatic N) is 1. The molecule has 3 aromatic rings. The molecule has 0 fully saturated rings. The van der Waals surface area contributed by atoms with Gasteiger partial charge in [0, 0.05) is 10.9 Å². The average molecular weight is 407 g/mol. The Balaban J connectivity index is 1.99. The summed E-state index contributed by atoms with van der Waals surface area (Å²) in [4.78, 5) is 11.5. The van der Waals surface area contributed by atoms with Crippen molar-refractivity contribution >= 4 is 39.5 Å². The zero-order valence-electron chi connectivity index (χ0n) is 13.7. The van der Waals surface area contributed by atoms with E-state index >= 15 is 0 Å². The molecule has 0 amide bonds. The summed E-state index contributed by atoms with van der Waals surface area (Å²) < 4.78 is 0. The number of nitro groups is 1. The van der Waals surface area contributed by atoms with Gasteiger partial charge in [-0.25, -0.2) is 0 Å². The first-order chi connectivity index (χ1) is 12.4. The Labute approximate surface area is 165 Å². The van der Waals surface area contributed by atoms with Gasteiger partial charge in [0.1, 0.15) is 0 Å². The molecule has 2 aromatic carbocycles. The van der Waals surface area contributed by atoms with Crippen molar-refractivity contribution in [3.63, 3.8) is 0 Å². The van der Waals surface area contributed by atoms with Gasteiger partial charge in [0.15, 0.2) is 0 Å². The van der Waals surface area contributed by atoms with E-state index in [0.717, 1.165) is 27.3 Å². The van der Waals surface area contributed by atoms with Gasteiger partial charge in [-0.3, -0.25) is 10.1 Å². The molecule has 1 heterocycles. The minimum absolute atomic E-state index is 0.0806. The third-order valence-electron chi connectivity index (χ3n) is 4.13. The van der Waals surface area contributed by atoms with E-state index in [9.17, 15) is 10.1 Å². The summed E-state index contributed by atoms with van der Waals surface area (Å²) in [5.74, 6) is 0. The molecule has 0 radical (unpaired) electrons. The van der Waals surface area contributed by atoms with Crippen molar-refractivity contribution in [2.45, 2.75) is 18.4 Å². The van der Waals surface area contributed by atoms with Crippen LogP contribution >= 0.6 is 34.5 Å². The first kappa shape index (κ1) is 18.9. The summed E-state index contributed by atoms with van der Waals surface area (Å²) in [5.41, 5.74) is 7.99. The molecule has 26 heavy (non-hydrogen) atoms. The quantitative estimate of drug-likeness (QED) is 0.427. The molecule has 1 atom stereocenters. The maximum Gasteiger partial charge on any atom is 0.324 e. The van der Waals surface area contributed by atoms with Gasteiger partial charge in [-0.15, -0.1) is 0 Å². The van der Waals surface area contributed by atoms with Crippen LogP contribution in [0.4, 0.5) is 5.00 Å². The lowest BCUT2D eigenvalue weighted by Gasteiger charge is -2.29. The molecule has 2 N–H and O–H groups in total. The number of nitrogens with two attached hydrogens (primary N) is 1. The molecule has 3 rings (SSSR count). The van der Waals surface area contributed by atoms with Gasteiger partial charge in [-0.1, -0.05) is 70.9 Å². The highest BCUT2D eigenvalue weighted by molar-refractivity contribution is 7.15. The molecule has 0 saturated carbocycles. The fourth-order valence-corrected chi connectivity index (χ4v) is 4.14. The molecule has 0 saturated heterocycles. The summed E-state index contributed by atoms with van der Waals surface area (Å²) in [6.07, 6.45) is 1.03. The molecule has 134 valence electrons. The van der Waals surface area contributed by atoms with Gasteiger partial charge in [-0.05, 0) is 42.2 Å². The van der Waals surface area contributed by atoms with Crippen molar-refractivity contribution in [1.29, 1.82) is 0 Å². The second-order valence-corrected chi connectivity index (χ2v) is 8.02. The summed E-state index contributed by atoms with van der Waals surface area (Å²) in [6.45, 7) is 0. The lowest BCUT2D eigenvalue weighted by molar-refractivity contribution is -0.380. The van der Waals surface area contributed by atoms with Crippen molar-refractivity contribution in [2.24, 2.45) is 5.73 Å². The van der Waals surface area contributed by atoms with E-state index in [-0.39, 0.29) is 5.00 Å². The Kier molecular flexibility index (Phi) is 5.63. The molecular formula is C19H16Cl2N2O2S. The molecule has 0 bridgehead atoms. The van der Waals surface area contributed by atoms with Crippen molar-refractivity contribution in [3.8, 4) is 0 Å². The van der Waals surface area contributed by atoms with Gasteiger partial charge < -0.3 is 5.73 Å². The van der Waals surface area contributed by atoms with Gasteiger partial charge in [-0.2, -0.15) is 0 Å². The van der Waals surface area contributed by atoms with Crippen molar-refractivity contribution < 1.29 is 4.92 Å². The van der Waals surface area contributed by atoms with E-state index in [2.05, 4.69) is 0 Å². The summed E-state index contributed by atoms with van der Waals surface area (Å²) in [5, 5.41) is 12.1. The largest absolute Gasteiger partial charge is 0.324 e. The van der Waals surface area contributed by atoms with E-state index in [1.165, 1.54) is 6.07 Å². The maximum absolute atomic E-state index is 11.1. The van der Waals surface area contributed by atoms with Crippen molar-refractivity contribution in [2.75, 3.05) is 0 Å². The minimum atomic E-state index is -0.794. The first-order valence-corrected chi connectivity index (χ1v) is 9.46. The third kappa shape index (κ3) is 4.24. The monoisotopic (exact) mass is 406 g/mol. The third-order valence-corrected chi connectivity index (χ3v) is 6.12. The highest BCUT2D eigenvalue weighted by Gasteiger charge is 2.31. The number of hydrogen-bond acceptors (Lipinski definition) is 4. The Morgan fingerprint density at radius 3 is 2.27 bits per heavy atom. The van der Waals surface area contributed by atoms with Gasteiger partial charge in [0.25, 0.3) is 0 Å². The molecule has 7 heteroatoms. The fraction of sp³-hybridized carbons (Fsp3) is 0.158. The number of hydrogen-bond donors (Lipinski definition) is 1. The van der Waals surface area contributed by atoms with Crippen LogP contribution < -0.4 is 5.73 Å². The van der Waals surface area contributed by atoms with Crippen molar-refractivity contribution in [3.05, 3.63) is 96.8 Å². The molecule has 0 spiro atoms. The van der Waals surface area contributed by atoms with E-state index in [1.807, 2.05) is 36.4 Å². The Hall–Kier alpha value is -1.92. The summed E-state index contributed by atoms with van der Waals surface area (Å²) in [6, 6.07) is 18.5. The van der Waals surface area contributed by atoms with Crippen LogP contribution in [0.1, 0.15) is 16.0 Å². The van der Waals surface area contributed by atoms with Crippen LogP contribution in [0.3, 0.4) is 0 Å². The lowest BCUT2D eigenvalue weighted by Crippen LogP contribution is -2.40. The Morgan fingerprint density at radius 1 is 0.962 bits per heavy atom. The van der Waals surface area contributed by atoms with E-state index in [1.54, 1.807) is 18.2 Å². The number of rotatable bonds is 6. The molecule has 0 aliphatic heterocycles. The molecule has 1 unspecified atom stereocenters. The fourth-order valence-electron chi connectivity index (χ4n) is 2.90. The summed E-state index contributed by atoms with van der Waals surface area (Å²) >= 11 is 13.2. The molecular weight excluding hydrogens is 391 g/mol. The summed E-state index contributed by atoms with van der Waals surface area (Å²) in [7, 11) is 0. The number of benzene rings is 2. The topological polar surface area (TPSA) is 69.2 Å². The van der Waals surface area contributed by atoms with Crippen molar-refractivity contribution in [1.82, 2.24) is 0 Å². The predicted octanol–water partition coefficient (Wildman–Crippen LogP) is 5.60. The Bertz CT molecular complexity index is 930. The van der Waals surface area contributed by atoms with E-state index in [0.29, 0.717) is 22.9 Å². The second-order valence-electron chi connectivity index (χ2n) is 6.14. The lowest BCUT2D eigenvalue weighted by atomic mass is 9.84. The molecule has 1 aromatic heterocycles. The highest BCUT2D eigenvalue weighted by Crippen LogP contribution is 2.36. The SMILES string of the molecule is NC(Cc1ccccc1)(Cc1ccc(Cl)c(Cl)c1)c1ccc([N+](=O)[O-])s1. The van der Waals surface area contributed by atoms with Crippen LogP contribution in [0.2, 0.25) is 10.0 Å². The molecule has 4 nitrogen and oxygen atoms in total. The number of thiophene rings is 1. The smallest absolute Gasteiger partial charge is 0.320 e. The Morgan fingerprint density at radius 2 is 1.65 bits per heavy atom. The van der Waals surface area contributed by atoms with Gasteiger partial charge in [0.05, 0.1) is 20.5 Å². The highest BCUT2D eigenvalue weighted by atomic mass is 35.5. The van der Waals surface area contributed by atoms with Crippen LogP contribution in [0.25, 0.3) is 0 Å². The standard InChI is InChI=1S/C19H16Cl2N2O2S/c20-15-7-6-14(10-16(15)21)12-19(22,11-13-4-2-1-3-5-13)17-8-9-18(26-17)23(24)25/h1-10H,11-12,22H2. The van der Waals surface area contributed by atoms with Gasteiger partial charge >= 0.3 is 5.00 Å². The number of halogens is 2. The maximum atomic E-state index is 11.1. The second kappa shape index (κ2) is 7.76. The first-order valence-electron chi connectivity index (χ1n) is 7.89. The van der Waals surface area contributed by atoms with Crippen LogP contribution in [-0.2, 0) is 18.4 Å². The molecule has 0 aliphatic rings. The normalized spacial score (nSPS) is 13.3. The molecule has 0 aliphatic carbocycles. The van der Waals surface area contributed by atoms with Crippen LogP contribution in [-0.4, -0.2) is 4.92 Å². The van der Waals surface area contributed by atoms with E-state index < -0.39 is 10.5 Å². The predicted molar refractivity (Wildman–Crippen MR) is 107 cm³/mol. The average Bonchev–Trinajstić information content (AvgIpc) is 3.10. The van der Waals surface area contributed by atoms with E-state index in [4.69, 9.17) is 28.9 Å².